The van der Waals surface area contributed by atoms with Gasteiger partial charge in [0.2, 0.25) is 0 Å². The highest BCUT2D eigenvalue weighted by Gasteiger charge is 2.21. The summed E-state index contributed by atoms with van der Waals surface area (Å²) >= 11 is 6.18. The van der Waals surface area contributed by atoms with Crippen LogP contribution in [0.2, 0.25) is 5.02 Å². The lowest BCUT2D eigenvalue weighted by molar-refractivity contribution is 0.0715. The van der Waals surface area contributed by atoms with Crippen LogP contribution < -0.4 is 4.74 Å². The minimum atomic E-state index is -0.452. The Morgan fingerprint density at radius 1 is 1.14 bits per heavy atom. The Kier molecular flexibility index (Phi) is 7.30. The van der Waals surface area contributed by atoms with Gasteiger partial charge in [-0.3, -0.25) is 4.79 Å². The fourth-order valence-electron chi connectivity index (χ4n) is 2.90. The van der Waals surface area contributed by atoms with Gasteiger partial charge in [-0.2, -0.15) is 0 Å². The lowest BCUT2D eigenvalue weighted by atomic mass is 10.1. The molecule has 1 heterocycles. The highest BCUT2D eigenvalue weighted by Crippen LogP contribution is 2.24. The molecular weight excluding hydrogens is 393 g/mol. The van der Waals surface area contributed by atoms with Gasteiger partial charge in [-0.05, 0) is 48.9 Å². The number of carbonyl (C=O) groups excluding carboxylic acids is 1. The average Bonchev–Trinajstić information content (AvgIpc) is 3.23. The molecule has 0 unspecified atom stereocenters. The number of furan rings is 1. The fourth-order valence-corrected chi connectivity index (χ4v) is 3.12. The molecule has 0 saturated heterocycles. The van der Waals surface area contributed by atoms with E-state index in [2.05, 4.69) is 6.92 Å². The second kappa shape index (κ2) is 10.1. The van der Waals surface area contributed by atoms with E-state index in [1.165, 1.54) is 23.3 Å². The quantitative estimate of drug-likeness (QED) is 0.397. The average molecular weight is 416 g/mol. The van der Waals surface area contributed by atoms with Gasteiger partial charge in [0, 0.05) is 16.1 Å². The summed E-state index contributed by atoms with van der Waals surface area (Å²) in [5.74, 6) is 0.514. The normalized spacial score (nSPS) is 10.7. The third-order valence-corrected chi connectivity index (χ3v) is 4.83. The Bertz CT molecular complexity index is 923. The number of benzene rings is 2. The van der Waals surface area contributed by atoms with Crippen molar-refractivity contribution in [2.45, 2.75) is 32.9 Å². The molecular formula is C23H23ClFNO3. The number of amides is 1. The standard InChI is InChI=1S/C23H23ClFNO3/c1-2-3-12-28-18-8-4-7-17(14-18)23(27)26(15-19-9-6-13-29-19)16-20-21(24)10-5-11-22(20)25/h4-11,13-14H,2-3,12,15-16H2,1H3. The van der Waals surface area contributed by atoms with E-state index in [4.69, 9.17) is 20.8 Å². The fraction of sp³-hybridized carbons (Fsp3) is 0.261. The maximum atomic E-state index is 14.3. The monoisotopic (exact) mass is 415 g/mol. The molecule has 0 fully saturated rings. The van der Waals surface area contributed by atoms with E-state index in [0.717, 1.165) is 12.8 Å². The SMILES string of the molecule is CCCCOc1cccc(C(=O)N(Cc2ccco2)Cc2c(F)cccc2Cl)c1. The molecule has 0 aliphatic carbocycles. The van der Waals surface area contributed by atoms with Gasteiger partial charge < -0.3 is 14.1 Å². The molecule has 0 radical (unpaired) electrons. The summed E-state index contributed by atoms with van der Waals surface area (Å²) in [6.07, 6.45) is 3.50. The second-order valence-corrected chi connectivity index (χ2v) is 7.08. The Balaban J connectivity index is 1.85. The van der Waals surface area contributed by atoms with Crippen molar-refractivity contribution in [2.75, 3.05) is 6.61 Å². The van der Waals surface area contributed by atoms with Crippen LogP contribution in [-0.2, 0) is 13.1 Å². The maximum Gasteiger partial charge on any atom is 0.254 e. The van der Waals surface area contributed by atoms with Gasteiger partial charge >= 0.3 is 0 Å². The Labute approximate surface area is 174 Å². The molecule has 0 N–H and O–H groups in total. The molecule has 0 aliphatic heterocycles. The second-order valence-electron chi connectivity index (χ2n) is 6.67. The van der Waals surface area contributed by atoms with Crippen LogP contribution in [0, 0.1) is 5.82 Å². The van der Waals surface area contributed by atoms with Crippen LogP contribution in [0.25, 0.3) is 0 Å². The minimum absolute atomic E-state index is 0.0198. The Morgan fingerprint density at radius 3 is 2.69 bits per heavy atom. The summed E-state index contributed by atoms with van der Waals surface area (Å²) in [6, 6.07) is 15.0. The van der Waals surface area contributed by atoms with Gasteiger partial charge in [0.1, 0.15) is 17.3 Å². The van der Waals surface area contributed by atoms with Crippen molar-refractivity contribution in [3.63, 3.8) is 0 Å². The highest BCUT2D eigenvalue weighted by atomic mass is 35.5. The zero-order valence-electron chi connectivity index (χ0n) is 16.2. The predicted octanol–water partition coefficient (Wildman–Crippen LogP) is 6.09. The molecule has 0 atom stereocenters. The van der Waals surface area contributed by atoms with Crippen molar-refractivity contribution in [3.05, 3.63) is 88.6 Å². The summed E-state index contributed by atoms with van der Waals surface area (Å²) in [6.45, 7) is 2.89. The number of hydrogen-bond donors (Lipinski definition) is 0. The third kappa shape index (κ3) is 5.61. The molecule has 3 aromatic rings. The summed E-state index contributed by atoms with van der Waals surface area (Å²) in [7, 11) is 0. The number of hydrogen-bond acceptors (Lipinski definition) is 3. The van der Waals surface area contributed by atoms with Crippen LogP contribution in [0.3, 0.4) is 0 Å². The van der Waals surface area contributed by atoms with Crippen LogP contribution in [0.4, 0.5) is 4.39 Å². The molecule has 4 nitrogen and oxygen atoms in total. The zero-order chi connectivity index (χ0) is 20.6. The van der Waals surface area contributed by atoms with Crippen molar-refractivity contribution in [3.8, 4) is 5.75 Å². The lowest BCUT2D eigenvalue weighted by Gasteiger charge is -2.23. The van der Waals surface area contributed by atoms with Crippen LogP contribution in [0.1, 0.15) is 41.4 Å². The number of carbonyl (C=O) groups is 1. The number of rotatable bonds is 9. The number of halogens is 2. The molecule has 0 bridgehead atoms. The summed E-state index contributed by atoms with van der Waals surface area (Å²) in [5, 5.41) is 0.277. The van der Waals surface area contributed by atoms with Crippen LogP contribution in [0.5, 0.6) is 5.75 Å². The molecule has 152 valence electrons. The van der Waals surface area contributed by atoms with Gasteiger partial charge in [-0.25, -0.2) is 4.39 Å². The van der Waals surface area contributed by atoms with Crippen molar-refractivity contribution in [1.82, 2.24) is 4.90 Å². The Hall–Kier alpha value is -2.79. The molecule has 2 aromatic carbocycles. The zero-order valence-corrected chi connectivity index (χ0v) is 17.0. The van der Waals surface area contributed by atoms with Crippen molar-refractivity contribution < 1.29 is 18.3 Å². The predicted molar refractivity (Wildman–Crippen MR) is 111 cm³/mol. The summed E-state index contributed by atoms with van der Waals surface area (Å²) < 4.78 is 25.4. The number of unbranched alkanes of at least 4 members (excludes halogenated alkanes) is 1. The van der Waals surface area contributed by atoms with E-state index >= 15 is 0 Å². The van der Waals surface area contributed by atoms with E-state index in [1.807, 2.05) is 6.07 Å². The van der Waals surface area contributed by atoms with E-state index in [-0.39, 0.29) is 29.6 Å². The van der Waals surface area contributed by atoms with Gasteiger partial charge in [-0.1, -0.05) is 37.1 Å². The maximum absolute atomic E-state index is 14.3. The van der Waals surface area contributed by atoms with E-state index in [0.29, 0.717) is 23.7 Å². The molecule has 0 spiro atoms. The van der Waals surface area contributed by atoms with Crippen LogP contribution >= 0.6 is 11.6 Å². The van der Waals surface area contributed by atoms with Crippen LogP contribution in [-0.4, -0.2) is 17.4 Å². The molecule has 1 amide bonds. The smallest absolute Gasteiger partial charge is 0.254 e. The molecule has 0 saturated carbocycles. The molecule has 29 heavy (non-hydrogen) atoms. The largest absolute Gasteiger partial charge is 0.494 e. The van der Waals surface area contributed by atoms with Gasteiger partial charge in [0.05, 0.1) is 26.0 Å². The Morgan fingerprint density at radius 2 is 1.97 bits per heavy atom. The van der Waals surface area contributed by atoms with Gasteiger partial charge in [0.15, 0.2) is 0 Å². The van der Waals surface area contributed by atoms with E-state index in [1.54, 1.807) is 36.4 Å². The molecule has 0 aliphatic rings. The third-order valence-electron chi connectivity index (χ3n) is 4.47. The topological polar surface area (TPSA) is 42.7 Å². The highest BCUT2D eigenvalue weighted by molar-refractivity contribution is 6.31. The summed E-state index contributed by atoms with van der Waals surface area (Å²) in [4.78, 5) is 14.8. The first-order valence-corrected chi connectivity index (χ1v) is 9.93. The van der Waals surface area contributed by atoms with Crippen molar-refractivity contribution >= 4 is 17.5 Å². The van der Waals surface area contributed by atoms with Gasteiger partial charge in [0.25, 0.3) is 5.91 Å². The van der Waals surface area contributed by atoms with Crippen LogP contribution in [0.15, 0.2) is 65.3 Å². The van der Waals surface area contributed by atoms with E-state index in [9.17, 15) is 9.18 Å². The van der Waals surface area contributed by atoms with E-state index < -0.39 is 5.82 Å². The molecule has 1 aromatic heterocycles. The number of ether oxygens (including phenoxy) is 1. The minimum Gasteiger partial charge on any atom is -0.494 e. The lowest BCUT2D eigenvalue weighted by Crippen LogP contribution is -2.30. The first-order chi connectivity index (χ1) is 14.1. The molecule has 3 rings (SSSR count). The molecule has 6 heteroatoms. The first kappa shape index (κ1) is 20.9. The van der Waals surface area contributed by atoms with Crippen molar-refractivity contribution in [1.29, 1.82) is 0 Å². The first-order valence-electron chi connectivity index (χ1n) is 9.56. The van der Waals surface area contributed by atoms with Gasteiger partial charge in [-0.15, -0.1) is 0 Å². The van der Waals surface area contributed by atoms with Crippen molar-refractivity contribution in [2.24, 2.45) is 0 Å². The number of nitrogens with zero attached hydrogens (tertiary/aromatic N) is 1. The summed E-state index contributed by atoms with van der Waals surface area (Å²) in [5.41, 5.74) is 0.724.